The van der Waals surface area contributed by atoms with Crippen LogP contribution in [0.25, 0.3) is 0 Å². The lowest BCUT2D eigenvalue weighted by molar-refractivity contribution is 0.764. The van der Waals surface area contributed by atoms with E-state index in [1.54, 1.807) is 0 Å². The van der Waals surface area contributed by atoms with Gasteiger partial charge in [0.15, 0.2) is 0 Å². The Morgan fingerprint density at radius 2 is 1.31 bits per heavy atom. The fraction of sp³-hybridized carbons (Fsp3) is 1.00. The maximum absolute atomic E-state index is 5.55. The standard InChI is InChI=1S/C10H23PS2/c1-3-5-7-9-11(12,13)10-8-6-4-2/h3-10H2,1-2H3,(H,12,13). The second kappa shape index (κ2) is 8.32. The van der Waals surface area contributed by atoms with E-state index in [4.69, 9.17) is 11.8 Å². The van der Waals surface area contributed by atoms with Crippen LogP contribution in [0, 0.1) is 0 Å². The van der Waals surface area contributed by atoms with Gasteiger partial charge in [-0.3, -0.25) is 0 Å². The highest BCUT2D eigenvalue weighted by Crippen LogP contribution is 2.52. The number of hydrogen-bond acceptors (Lipinski definition) is 1. The van der Waals surface area contributed by atoms with Crippen LogP contribution in [0.15, 0.2) is 0 Å². The predicted molar refractivity (Wildman–Crippen MR) is 72.1 cm³/mol. The van der Waals surface area contributed by atoms with Crippen LogP contribution in [-0.4, -0.2) is 12.3 Å². The fourth-order valence-electron chi connectivity index (χ4n) is 1.33. The zero-order valence-corrected chi connectivity index (χ0v) is 11.6. The third-order valence-electron chi connectivity index (χ3n) is 2.22. The third kappa shape index (κ3) is 9.31. The number of rotatable bonds is 8. The molecule has 3 heteroatoms. The summed E-state index contributed by atoms with van der Waals surface area (Å²) in [5.41, 5.74) is 0. The Morgan fingerprint density at radius 3 is 1.62 bits per heavy atom. The van der Waals surface area contributed by atoms with Crippen molar-refractivity contribution in [3.63, 3.8) is 0 Å². The van der Waals surface area contributed by atoms with Crippen LogP contribution in [0.5, 0.6) is 0 Å². The minimum Gasteiger partial charge on any atom is -0.141 e. The van der Waals surface area contributed by atoms with E-state index in [1.807, 2.05) is 0 Å². The number of unbranched alkanes of at least 4 members (excludes halogenated alkanes) is 4. The highest BCUT2D eigenvalue weighted by Gasteiger charge is 2.09. The summed E-state index contributed by atoms with van der Waals surface area (Å²) in [5.74, 6) is 0. The molecular weight excluding hydrogens is 215 g/mol. The van der Waals surface area contributed by atoms with Gasteiger partial charge in [0.2, 0.25) is 0 Å². The normalized spacial score (nSPS) is 11.9. The summed E-state index contributed by atoms with van der Waals surface area (Å²) in [7, 11) is 0. The van der Waals surface area contributed by atoms with Crippen molar-refractivity contribution in [3.05, 3.63) is 0 Å². The zero-order chi connectivity index (χ0) is 10.2. The molecule has 0 saturated carbocycles. The number of hydrogen-bond donors (Lipinski definition) is 1. The SMILES string of the molecule is CCCCCP(=S)(S)CCCCC. The molecule has 13 heavy (non-hydrogen) atoms. The molecule has 0 nitrogen and oxygen atoms in total. The molecule has 0 unspecified atom stereocenters. The van der Waals surface area contributed by atoms with Crippen molar-refractivity contribution in [3.8, 4) is 0 Å². The average Bonchev–Trinajstić information content (AvgIpc) is 2.05. The van der Waals surface area contributed by atoms with E-state index < -0.39 is 5.24 Å². The summed E-state index contributed by atoms with van der Waals surface area (Å²) in [6.45, 7) is 4.47. The third-order valence-corrected chi connectivity index (χ3v) is 6.55. The lowest BCUT2D eigenvalue weighted by atomic mass is 10.3. The molecule has 0 N–H and O–H groups in total. The molecule has 80 valence electrons. The monoisotopic (exact) mass is 238 g/mol. The Morgan fingerprint density at radius 1 is 0.923 bits per heavy atom. The minimum atomic E-state index is -1.22. The van der Waals surface area contributed by atoms with Gasteiger partial charge < -0.3 is 0 Å². The number of thiol groups is 1. The van der Waals surface area contributed by atoms with E-state index in [-0.39, 0.29) is 0 Å². The molecule has 0 aromatic carbocycles. The Labute approximate surface area is 94.0 Å². The first-order valence-corrected chi connectivity index (χ1v) is 9.75. The molecule has 0 aromatic heterocycles. The Kier molecular flexibility index (Phi) is 8.96. The van der Waals surface area contributed by atoms with Crippen LogP contribution >= 0.6 is 17.5 Å². The second-order valence-corrected chi connectivity index (χ2v) is 11.5. The largest absolute Gasteiger partial charge is 0.141 e. The van der Waals surface area contributed by atoms with Crippen molar-refractivity contribution in [1.29, 1.82) is 0 Å². The Bertz CT molecular complexity index is 143. The van der Waals surface area contributed by atoms with Crippen LogP contribution < -0.4 is 0 Å². The zero-order valence-electron chi connectivity index (χ0n) is 8.96. The first-order chi connectivity index (χ1) is 6.12. The van der Waals surface area contributed by atoms with E-state index in [0.717, 1.165) is 0 Å². The van der Waals surface area contributed by atoms with Crippen LogP contribution in [0.2, 0.25) is 0 Å². The molecule has 0 radical (unpaired) electrons. The maximum Gasteiger partial charge on any atom is 0.00343 e. The molecule has 0 aromatic rings. The molecule has 0 aliphatic heterocycles. The van der Waals surface area contributed by atoms with E-state index in [0.29, 0.717) is 0 Å². The van der Waals surface area contributed by atoms with Gasteiger partial charge in [0.05, 0.1) is 0 Å². The van der Waals surface area contributed by atoms with Gasteiger partial charge in [-0.2, -0.15) is 0 Å². The fourth-order valence-corrected chi connectivity index (χ4v) is 4.61. The first kappa shape index (κ1) is 14.0. The molecule has 0 aliphatic carbocycles. The molecule has 0 atom stereocenters. The molecule has 0 heterocycles. The van der Waals surface area contributed by atoms with Gasteiger partial charge in [-0.1, -0.05) is 51.3 Å². The quantitative estimate of drug-likeness (QED) is 0.363. The summed E-state index contributed by atoms with van der Waals surface area (Å²) in [5, 5.41) is -1.22. The van der Waals surface area contributed by atoms with Crippen LogP contribution in [0.1, 0.15) is 52.4 Å². The topological polar surface area (TPSA) is 0 Å². The molecule has 0 rings (SSSR count). The van der Waals surface area contributed by atoms with Gasteiger partial charge in [-0.15, -0.1) is 12.2 Å². The van der Waals surface area contributed by atoms with Crippen molar-refractivity contribution in [2.45, 2.75) is 52.4 Å². The van der Waals surface area contributed by atoms with Crippen molar-refractivity contribution in [1.82, 2.24) is 0 Å². The summed E-state index contributed by atoms with van der Waals surface area (Å²) in [6.07, 6.45) is 10.2. The van der Waals surface area contributed by atoms with Crippen molar-refractivity contribution in [2.24, 2.45) is 0 Å². The van der Waals surface area contributed by atoms with Gasteiger partial charge in [-0.25, -0.2) is 0 Å². The van der Waals surface area contributed by atoms with Gasteiger partial charge in [-0.05, 0) is 25.2 Å². The lowest BCUT2D eigenvalue weighted by Gasteiger charge is -2.14. The summed E-state index contributed by atoms with van der Waals surface area (Å²) in [4.78, 5) is 0. The Balaban J connectivity index is 3.49. The van der Waals surface area contributed by atoms with Crippen molar-refractivity contribution in [2.75, 3.05) is 12.3 Å². The van der Waals surface area contributed by atoms with Gasteiger partial charge in [0, 0.05) is 5.24 Å². The van der Waals surface area contributed by atoms with E-state index in [1.165, 1.54) is 50.8 Å². The first-order valence-electron chi connectivity index (χ1n) is 5.43. The summed E-state index contributed by atoms with van der Waals surface area (Å²) < 4.78 is 0. The van der Waals surface area contributed by atoms with Gasteiger partial charge in [0.25, 0.3) is 0 Å². The molecule has 0 amide bonds. The maximum atomic E-state index is 5.55. The lowest BCUT2D eigenvalue weighted by Crippen LogP contribution is -1.90. The van der Waals surface area contributed by atoms with Gasteiger partial charge >= 0.3 is 0 Å². The minimum absolute atomic E-state index is 1.21. The molecular formula is C10H23PS2. The average molecular weight is 238 g/mol. The second-order valence-electron chi connectivity index (χ2n) is 3.71. The predicted octanol–water partition coefficient (Wildman–Crippen LogP) is 4.69. The van der Waals surface area contributed by atoms with Crippen LogP contribution in [-0.2, 0) is 11.8 Å². The van der Waals surface area contributed by atoms with Crippen LogP contribution in [0.4, 0.5) is 0 Å². The van der Waals surface area contributed by atoms with Crippen molar-refractivity contribution < 1.29 is 0 Å². The van der Waals surface area contributed by atoms with Crippen molar-refractivity contribution >= 4 is 29.3 Å². The summed E-state index contributed by atoms with van der Waals surface area (Å²) in [6, 6.07) is 0. The smallest absolute Gasteiger partial charge is 0.00343 e. The molecule has 0 aliphatic rings. The van der Waals surface area contributed by atoms with E-state index in [2.05, 4.69) is 26.1 Å². The van der Waals surface area contributed by atoms with Crippen LogP contribution in [0.3, 0.4) is 0 Å². The highest BCUT2D eigenvalue weighted by molar-refractivity contribution is 8.63. The van der Waals surface area contributed by atoms with Gasteiger partial charge in [0.1, 0.15) is 0 Å². The molecule has 0 bridgehead atoms. The summed E-state index contributed by atoms with van der Waals surface area (Å²) >= 11 is 10.2. The van der Waals surface area contributed by atoms with E-state index in [9.17, 15) is 0 Å². The molecule has 0 saturated heterocycles. The Hall–Kier alpha value is 1.00. The highest BCUT2D eigenvalue weighted by atomic mass is 32.9. The van der Waals surface area contributed by atoms with E-state index >= 15 is 0 Å². The molecule has 0 spiro atoms. The molecule has 0 fully saturated rings.